The fourth-order valence-electron chi connectivity index (χ4n) is 14.1. The van der Waals surface area contributed by atoms with E-state index in [0.29, 0.717) is 160 Å². The van der Waals surface area contributed by atoms with Crippen molar-refractivity contribution < 1.29 is 91.6 Å². The molecule has 5 heterocycles. The lowest BCUT2D eigenvalue weighted by Gasteiger charge is -2.31. The van der Waals surface area contributed by atoms with E-state index in [0.717, 1.165) is 44.8 Å². The molecule has 1 aromatic heterocycles. The van der Waals surface area contributed by atoms with Gasteiger partial charge in [0, 0.05) is 172 Å². The first-order chi connectivity index (χ1) is 67.1. The lowest BCUT2D eigenvalue weighted by Crippen LogP contribution is -2.47. The minimum Gasteiger partial charge on any atom is -0.507 e. The number of rotatable bonds is 24. The molecule has 0 atom stereocenters. The number of piperidine rings is 2. The molecule has 0 spiro atoms. The standard InChI is InChI=1S/C20H23ClN4O4S.2C20H22ClN3O4S.C19H22ClN5O4S.C16H15ClN2O4S/c1-14(18-13-16(21)6-7-19(18)26)22-23-20(27)15-4-3-5-17(12-15)30(28,29)25-10-8-24(2)9-11-25;1-14(18-13-16(21)7-10-19(18)25)22-23-20(26)15-5-8-17(9-6-15)29(27,28)24-11-3-2-4-12-24;1-14(18-13-16(21)8-9-19(18)25)22-23-20(26)15-6-5-7-17(12-15)29(27,28)24-10-3-2-4-11-24;1-13(17-10-15(20)3-4-18(17)26)22-23-19(27)14-9-16(12-21-11-14)30(28,29)25-7-5-24(2)6-8-25;1-10(14-9-12(17)6-7-15(14)20)18-19-16(21)11-4-3-5-13(8-11)24(2,22)23/h3-7,12-13,26H,8-11H2,1-2H3,(H,23,27);5-10,13,25H,2-4,11-12H2,1H3,(H,23,26);5-9,12-13,25H,2-4,10-11H2,1H3,(H,23,26);3-4,9-12,26H,5-8H2,1-2H3,(H,23,27);3-9,20H,1-2H3,(H,19,21)/b3*22-14+;22-13+;18-10+. The quantitative estimate of drug-likeness (QED) is 0.0198. The van der Waals surface area contributed by atoms with Gasteiger partial charge in [0.25, 0.3) is 29.5 Å². The van der Waals surface area contributed by atoms with Crippen LogP contribution in [0.4, 0.5) is 0 Å². The molecule has 14 rings (SSSR count). The molecule has 5 amide bonds. The summed E-state index contributed by atoms with van der Waals surface area (Å²) in [6.45, 7) is 14.2. The Bertz CT molecular complexity index is 6930. The maximum atomic E-state index is 12.9. The van der Waals surface area contributed by atoms with Gasteiger partial charge in [0.05, 0.1) is 53.7 Å². The Morgan fingerprint density at radius 2 is 0.528 bits per heavy atom. The van der Waals surface area contributed by atoms with Gasteiger partial charge >= 0.3 is 0 Å². The van der Waals surface area contributed by atoms with Crippen molar-refractivity contribution in [3.05, 3.63) is 287 Å². The second-order valence-corrected chi connectivity index (χ2v) is 44.6. The second kappa shape index (κ2) is 50.6. The Kier molecular flexibility index (Phi) is 39.9. The van der Waals surface area contributed by atoms with Crippen LogP contribution in [0.3, 0.4) is 0 Å². The van der Waals surface area contributed by atoms with Crippen LogP contribution < -0.4 is 27.1 Å². The Labute approximate surface area is 848 Å². The maximum Gasteiger partial charge on any atom is 0.272 e. The van der Waals surface area contributed by atoms with Crippen LogP contribution in [0.15, 0.2) is 257 Å². The van der Waals surface area contributed by atoms with Crippen molar-refractivity contribution in [2.24, 2.45) is 25.5 Å². The van der Waals surface area contributed by atoms with Gasteiger partial charge in [-0.15, -0.1) is 0 Å². The fraction of sp³-hybridized carbons (Fsp3) is 0.274. The number of sulfone groups is 1. The normalized spacial score (nSPS) is 15.5. The van der Waals surface area contributed by atoms with Crippen LogP contribution >= 0.6 is 58.0 Å². The summed E-state index contributed by atoms with van der Waals surface area (Å²) in [5.74, 6) is -2.89. The smallest absolute Gasteiger partial charge is 0.272 e. The monoisotopic (exact) mass is 2140 g/mol. The number of amides is 5. The Morgan fingerprint density at radius 1 is 0.282 bits per heavy atom. The number of phenolic OH excluding ortho intramolecular Hbond substituents is 5. The van der Waals surface area contributed by atoms with E-state index >= 15 is 0 Å². The van der Waals surface area contributed by atoms with E-state index in [1.165, 1.54) is 199 Å². The van der Waals surface area contributed by atoms with Crippen molar-refractivity contribution in [2.45, 2.75) is 97.6 Å². The van der Waals surface area contributed by atoms with Gasteiger partial charge in [-0.3, -0.25) is 29.0 Å². The summed E-state index contributed by atoms with van der Waals surface area (Å²) in [6.07, 6.45) is 9.01. The number of sulfonamides is 4. The first kappa shape index (κ1) is 112. The molecule has 0 saturated carbocycles. The number of pyridine rings is 1. The summed E-state index contributed by atoms with van der Waals surface area (Å²) in [5.41, 5.74) is 16.4. The molecule has 4 saturated heterocycles. The molecular weight excluding hydrogens is 2040 g/mol. The van der Waals surface area contributed by atoms with Gasteiger partial charge in [-0.25, -0.2) is 69.2 Å². The molecule has 4 aliphatic heterocycles. The number of piperazine rings is 2. The van der Waals surface area contributed by atoms with Crippen molar-refractivity contribution in [3.63, 3.8) is 0 Å². The molecule has 0 bridgehead atoms. The Hall–Kier alpha value is -12.2. The molecule has 0 unspecified atom stereocenters. The second-order valence-electron chi connectivity index (χ2n) is 32.6. The zero-order valence-electron chi connectivity index (χ0n) is 78.0. The minimum atomic E-state index is -3.75. The van der Waals surface area contributed by atoms with Crippen LogP contribution in [0.25, 0.3) is 0 Å². The van der Waals surface area contributed by atoms with E-state index in [4.69, 9.17) is 58.0 Å². The molecule has 142 heavy (non-hydrogen) atoms. The highest BCUT2D eigenvalue weighted by atomic mass is 35.5. The molecular formula is C95H104Cl5N17O20S5. The number of hydrogen-bond acceptors (Lipinski definition) is 28. The van der Waals surface area contributed by atoms with Gasteiger partial charge in [-0.1, -0.05) is 89.0 Å². The van der Waals surface area contributed by atoms with Gasteiger partial charge in [0.15, 0.2) is 9.84 Å². The van der Waals surface area contributed by atoms with E-state index in [2.05, 4.69) is 62.5 Å². The van der Waals surface area contributed by atoms with Crippen LogP contribution in [0.5, 0.6) is 28.7 Å². The Morgan fingerprint density at radius 3 is 0.824 bits per heavy atom. The number of likely N-dealkylation sites (N-methyl/N-ethyl adjacent to an activating group) is 2. The predicted octanol–water partition coefficient (Wildman–Crippen LogP) is 13.0. The predicted molar refractivity (Wildman–Crippen MR) is 545 cm³/mol. The van der Waals surface area contributed by atoms with Crippen molar-refractivity contribution in [3.8, 4) is 28.7 Å². The molecule has 10 N–H and O–H groups in total. The fourth-order valence-corrected chi connectivity index (χ4v) is 21.6. The summed E-state index contributed by atoms with van der Waals surface area (Å²) in [4.78, 5) is 70.2. The summed E-state index contributed by atoms with van der Waals surface area (Å²) in [7, 11) is -14.1. The van der Waals surface area contributed by atoms with Gasteiger partial charge in [-0.05, 0) is 250 Å². The molecule has 754 valence electrons. The van der Waals surface area contributed by atoms with Crippen LogP contribution in [-0.4, -0.2) is 257 Å². The first-order valence-corrected chi connectivity index (χ1v) is 53.3. The average molecular weight is 2140 g/mol. The average Bonchev–Trinajstić information content (AvgIpc) is 0.745. The zero-order chi connectivity index (χ0) is 104. The summed E-state index contributed by atoms with van der Waals surface area (Å²) < 4.78 is 131. The van der Waals surface area contributed by atoms with Crippen LogP contribution in [-0.2, 0) is 49.9 Å². The lowest BCUT2D eigenvalue weighted by molar-refractivity contribution is 0.0946. The first-order valence-electron chi connectivity index (χ1n) is 43.7. The SMILES string of the molecule is C/C(=N\NC(=O)c1ccc(S(=O)(=O)N2CCCCC2)cc1)c1cc(Cl)ccc1O.C/C(=N\NC(=O)c1cccc(S(=O)(=O)N2CCCCC2)c1)c1cc(Cl)ccc1O.C/C(=N\NC(=O)c1cccc(S(=O)(=O)N2CCN(C)CC2)c1)c1cc(Cl)ccc1O.C/C(=N\NC(=O)c1cccc(S(C)(=O)=O)c1)c1cc(Cl)ccc1O.C/C(=N\NC(=O)c1cncc(S(=O)(=O)N2CCN(C)CC2)c1)c1cc(Cl)ccc1O. The van der Waals surface area contributed by atoms with Gasteiger partial charge in [-0.2, -0.15) is 42.7 Å². The molecule has 4 fully saturated rings. The molecule has 0 aliphatic carbocycles. The van der Waals surface area contributed by atoms with E-state index < -0.39 is 79.5 Å². The molecule has 4 aliphatic rings. The number of hydrazone groups is 5. The van der Waals surface area contributed by atoms with Crippen molar-refractivity contribution in [2.75, 3.05) is 98.9 Å². The van der Waals surface area contributed by atoms with Crippen LogP contribution in [0.2, 0.25) is 25.1 Å². The highest BCUT2D eigenvalue weighted by molar-refractivity contribution is 7.91. The Balaban J connectivity index is 0.000000183. The number of halogens is 5. The number of carbonyl (C=O) groups is 5. The number of hydrogen-bond donors (Lipinski definition) is 10. The highest BCUT2D eigenvalue weighted by Crippen LogP contribution is 2.31. The number of nitrogens with zero attached hydrogens (tertiary/aromatic N) is 12. The topological polar surface area (TPSA) is 511 Å². The molecule has 0 radical (unpaired) electrons. The number of nitrogens with one attached hydrogen (secondary N) is 5. The number of carbonyl (C=O) groups excluding carboxylic acids is 5. The maximum absolute atomic E-state index is 12.9. The third-order valence-electron chi connectivity index (χ3n) is 22.3. The van der Waals surface area contributed by atoms with E-state index in [9.17, 15) is 91.6 Å². The summed E-state index contributed by atoms with van der Waals surface area (Å²) >= 11 is 29.6. The summed E-state index contributed by atoms with van der Waals surface area (Å²) in [5, 5.41) is 71.4. The van der Waals surface area contributed by atoms with E-state index in [1.807, 2.05) is 19.0 Å². The van der Waals surface area contributed by atoms with Crippen LogP contribution in [0, 0.1) is 0 Å². The number of phenols is 5. The largest absolute Gasteiger partial charge is 0.507 e. The molecule has 37 nitrogen and oxygen atoms in total. The van der Waals surface area contributed by atoms with Gasteiger partial charge < -0.3 is 35.3 Å². The zero-order valence-corrected chi connectivity index (χ0v) is 85.9. The van der Waals surface area contributed by atoms with Crippen molar-refractivity contribution in [1.29, 1.82) is 0 Å². The molecule has 47 heteroatoms. The minimum absolute atomic E-state index is 0.00262. The molecule has 9 aromatic carbocycles. The van der Waals surface area contributed by atoms with Crippen molar-refractivity contribution >= 4 is 166 Å². The van der Waals surface area contributed by atoms with Crippen LogP contribution in [0.1, 0.15) is 153 Å². The highest BCUT2D eigenvalue weighted by Gasteiger charge is 2.33. The van der Waals surface area contributed by atoms with Gasteiger partial charge in [0.2, 0.25) is 40.1 Å². The third-order valence-corrected chi connectivity index (χ3v) is 32.1. The number of aromatic nitrogens is 1. The number of aromatic hydroxyl groups is 5. The third kappa shape index (κ3) is 30.9. The lowest BCUT2D eigenvalue weighted by atomic mass is 10.1. The van der Waals surface area contributed by atoms with Gasteiger partial charge in [0.1, 0.15) is 33.6 Å². The summed E-state index contributed by atoms with van der Waals surface area (Å²) in [6, 6.07) is 46.9. The van der Waals surface area contributed by atoms with E-state index in [-0.39, 0.29) is 81.0 Å². The molecule has 10 aromatic rings. The van der Waals surface area contributed by atoms with Crippen molar-refractivity contribution in [1.82, 2.24) is 59.1 Å². The number of benzene rings is 9. The van der Waals surface area contributed by atoms with E-state index in [1.54, 1.807) is 58.9 Å².